The average Bonchev–Trinajstić information content (AvgIpc) is 3.58. The number of aromatic nitrogens is 2. The molecule has 39 heavy (non-hydrogen) atoms. The fourth-order valence-corrected chi connectivity index (χ4v) is 6.22. The van der Waals surface area contributed by atoms with Crippen LogP contribution < -0.4 is 5.01 Å². The first-order valence-electron chi connectivity index (χ1n) is 13.4. The molecule has 7 rings (SSSR count). The first-order chi connectivity index (χ1) is 19.2. The zero-order valence-corrected chi connectivity index (χ0v) is 21.7. The van der Waals surface area contributed by atoms with Gasteiger partial charge < -0.3 is 0 Å². The summed E-state index contributed by atoms with van der Waals surface area (Å²) >= 11 is 0. The van der Waals surface area contributed by atoms with E-state index in [1.54, 1.807) is 6.20 Å². The summed E-state index contributed by atoms with van der Waals surface area (Å²) in [5, 5.41) is 12.0. The lowest BCUT2D eigenvalue weighted by molar-refractivity contribution is 0.0855. The van der Waals surface area contributed by atoms with Crippen molar-refractivity contribution in [1.82, 2.24) is 9.78 Å². The van der Waals surface area contributed by atoms with Gasteiger partial charge in [0.2, 0.25) is 0 Å². The Morgan fingerprint density at radius 2 is 1.38 bits per heavy atom. The summed E-state index contributed by atoms with van der Waals surface area (Å²) in [4.78, 5) is 14.9. The molecule has 2 unspecified atom stereocenters. The maximum atomic E-state index is 14.9. The number of carbonyl (C=O) groups is 1. The number of hydrazone groups is 1. The Morgan fingerprint density at radius 3 is 2.05 bits per heavy atom. The minimum Gasteiger partial charge on any atom is -0.291 e. The fraction of sp³-hybridized carbons (Fsp3) is 0.147. The van der Waals surface area contributed by atoms with Crippen LogP contribution in [0.1, 0.15) is 45.1 Å². The number of nitrogens with zero attached hydrogens (tertiary/aromatic N) is 4. The Morgan fingerprint density at radius 1 is 0.769 bits per heavy atom. The minimum atomic E-state index is -0.917. The van der Waals surface area contributed by atoms with Crippen LogP contribution in [0, 0.1) is 6.92 Å². The molecule has 2 aliphatic rings. The summed E-state index contributed by atoms with van der Waals surface area (Å²) in [5.41, 5.74) is 6.81. The second-order valence-electron chi connectivity index (χ2n) is 10.3. The lowest BCUT2D eigenvalue weighted by Gasteiger charge is -2.43. The van der Waals surface area contributed by atoms with Gasteiger partial charge >= 0.3 is 0 Å². The molecular weight excluding hydrogens is 480 g/mol. The Labute approximate surface area is 228 Å². The van der Waals surface area contributed by atoms with E-state index in [-0.39, 0.29) is 11.7 Å². The Bertz CT molecular complexity index is 1670. The molecule has 0 bridgehead atoms. The van der Waals surface area contributed by atoms with E-state index in [0.29, 0.717) is 18.4 Å². The van der Waals surface area contributed by atoms with Crippen molar-refractivity contribution in [1.29, 1.82) is 0 Å². The van der Waals surface area contributed by atoms with Gasteiger partial charge in [-0.2, -0.15) is 10.2 Å². The molecule has 2 heterocycles. The van der Waals surface area contributed by atoms with Crippen LogP contribution >= 0.6 is 0 Å². The molecule has 1 spiro atoms. The van der Waals surface area contributed by atoms with E-state index >= 15 is 0 Å². The van der Waals surface area contributed by atoms with Crippen molar-refractivity contribution in [2.75, 3.05) is 5.01 Å². The van der Waals surface area contributed by atoms with Gasteiger partial charge in [-0.25, -0.2) is 4.68 Å². The summed E-state index contributed by atoms with van der Waals surface area (Å²) in [6.45, 7) is 2.09. The van der Waals surface area contributed by atoms with E-state index in [2.05, 4.69) is 43.3 Å². The number of para-hydroxylation sites is 2. The normalized spacial score (nSPS) is 20.2. The third-order valence-corrected chi connectivity index (χ3v) is 8.07. The molecule has 0 saturated heterocycles. The van der Waals surface area contributed by atoms with Gasteiger partial charge in [0.1, 0.15) is 5.54 Å². The standard InChI is InChI=1S/C34H28N4O/c1-24-17-19-25(20-18-24)31-32(26-11-5-2-6-12-26)36-38(28-15-9-4-10-16-28)34(31)22-21-30-29(33(34)39)23-35-37(30)27-13-7-3-8-14-27/h2-20,23,31H,21-22H2,1H3. The monoisotopic (exact) mass is 508 g/mol. The quantitative estimate of drug-likeness (QED) is 0.270. The summed E-state index contributed by atoms with van der Waals surface area (Å²) in [5.74, 6) is -0.184. The van der Waals surface area contributed by atoms with E-state index in [4.69, 9.17) is 10.2 Å². The molecule has 1 aromatic heterocycles. The van der Waals surface area contributed by atoms with E-state index < -0.39 is 5.54 Å². The number of hydrogen-bond acceptors (Lipinski definition) is 4. The Balaban J connectivity index is 1.45. The molecule has 5 heteroatoms. The first kappa shape index (κ1) is 23.4. The third-order valence-electron chi connectivity index (χ3n) is 8.07. The van der Waals surface area contributed by atoms with Gasteiger partial charge in [-0.15, -0.1) is 0 Å². The summed E-state index contributed by atoms with van der Waals surface area (Å²) < 4.78 is 1.92. The summed E-state index contributed by atoms with van der Waals surface area (Å²) in [6.07, 6.45) is 3.07. The molecule has 5 nitrogen and oxygen atoms in total. The van der Waals surface area contributed by atoms with Crippen molar-refractivity contribution in [3.8, 4) is 5.69 Å². The van der Waals surface area contributed by atoms with Crippen molar-refractivity contribution in [2.45, 2.75) is 31.2 Å². The fourth-order valence-electron chi connectivity index (χ4n) is 6.22. The first-order valence-corrected chi connectivity index (χ1v) is 13.4. The highest BCUT2D eigenvalue weighted by molar-refractivity contribution is 6.18. The highest BCUT2D eigenvalue weighted by Gasteiger charge is 2.59. The van der Waals surface area contributed by atoms with Crippen molar-refractivity contribution < 1.29 is 4.79 Å². The van der Waals surface area contributed by atoms with Crippen LogP contribution in [0.2, 0.25) is 0 Å². The van der Waals surface area contributed by atoms with E-state index in [9.17, 15) is 4.79 Å². The van der Waals surface area contributed by atoms with Gasteiger partial charge in [-0.1, -0.05) is 96.6 Å². The smallest absolute Gasteiger partial charge is 0.194 e. The van der Waals surface area contributed by atoms with Crippen molar-refractivity contribution >= 4 is 17.2 Å². The number of carbonyl (C=O) groups excluding carboxylic acids is 1. The van der Waals surface area contributed by atoms with Crippen molar-refractivity contribution in [3.63, 3.8) is 0 Å². The lowest BCUT2D eigenvalue weighted by atomic mass is 9.66. The van der Waals surface area contributed by atoms with Crippen LogP contribution in [0.4, 0.5) is 5.69 Å². The minimum absolute atomic E-state index is 0.0649. The number of hydrogen-bond donors (Lipinski definition) is 0. The van der Waals surface area contributed by atoms with Crippen LogP contribution in [0.5, 0.6) is 0 Å². The van der Waals surface area contributed by atoms with Gasteiger partial charge in [0.25, 0.3) is 0 Å². The maximum Gasteiger partial charge on any atom is 0.194 e. The van der Waals surface area contributed by atoms with Gasteiger partial charge in [-0.3, -0.25) is 9.80 Å². The predicted octanol–water partition coefficient (Wildman–Crippen LogP) is 6.76. The van der Waals surface area contributed by atoms with Crippen LogP contribution in [-0.2, 0) is 6.42 Å². The van der Waals surface area contributed by atoms with Crippen LogP contribution in [0.25, 0.3) is 5.69 Å². The molecule has 0 amide bonds. The number of benzene rings is 4. The molecule has 5 aromatic rings. The zero-order chi connectivity index (χ0) is 26.4. The second kappa shape index (κ2) is 9.21. The van der Waals surface area contributed by atoms with Crippen LogP contribution in [0.15, 0.2) is 127 Å². The maximum absolute atomic E-state index is 14.9. The molecular formula is C34H28N4O. The van der Waals surface area contributed by atoms with Gasteiger partial charge in [-0.05, 0) is 55.2 Å². The number of ketones is 1. The highest BCUT2D eigenvalue weighted by Crippen LogP contribution is 2.51. The molecule has 1 aliphatic heterocycles. The highest BCUT2D eigenvalue weighted by atomic mass is 16.1. The number of fused-ring (bicyclic) bond motifs is 1. The number of aryl methyl sites for hydroxylation is 1. The van der Waals surface area contributed by atoms with Gasteiger partial charge in [0.15, 0.2) is 5.78 Å². The topological polar surface area (TPSA) is 50.5 Å². The Kier molecular flexibility index (Phi) is 5.51. The van der Waals surface area contributed by atoms with Crippen LogP contribution in [0.3, 0.4) is 0 Å². The molecule has 0 N–H and O–H groups in total. The van der Waals surface area contributed by atoms with E-state index in [1.807, 2.05) is 88.6 Å². The molecule has 0 fully saturated rings. The third kappa shape index (κ3) is 3.65. The van der Waals surface area contributed by atoms with Crippen LogP contribution in [-0.4, -0.2) is 26.8 Å². The lowest BCUT2D eigenvalue weighted by Crippen LogP contribution is -2.56. The molecule has 1 aliphatic carbocycles. The average molecular weight is 509 g/mol. The van der Waals surface area contributed by atoms with Gasteiger partial charge in [0, 0.05) is 0 Å². The summed E-state index contributed by atoms with van der Waals surface area (Å²) in [6, 6.07) is 39.0. The van der Waals surface area contributed by atoms with Crippen molar-refractivity contribution in [2.24, 2.45) is 5.10 Å². The molecule has 0 radical (unpaired) electrons. The predicted molar refractivity (Wildman–Crippen MR) is 155 cm³/mol. The molecule has 4 aromatic carbocycles. The summed E-state index contributed by atoms with van der Waals surface area (Å²) in [7, 11) is 0. The van der Waals surface area contributed by atoms with Gasteiger partial charge in [0.05, 0.1) is 40.5 Å². The number of Topliss-reactive ketones (excluding diaryl/α,β-unsaturated/α-hetero) is 1. The van der Waals surface area contributed by atoms with E-state index in [0.717, 1.165) is 33.9 Å². The zero-order valence-electron chi connectivity index (χ0n) is 21.7. The second-order valence-corrected chi connectivity index (χ2v) is 10.3. The number of rotatable bonds is 4. The van der Waals surface area contributed by atoms with Crippen molar-refractivity contribution in [3.05, 3.63) is 149 Å². The molecule has 0 saturated carbocycles. The largest absolute Gasteiger partial charge is 0.291 e. The molecule has 190 valence electrons. The Hall–Kier alpha value is -4.77. The number of anilines is 1. The van der Waals surface area contributed by atoms with E-state index in [1.165, 1.54) is 5.56 Å². The molecule has 2 atom stereocenters. The SMILES string of the molecule is Cc1ccc(C2C(c3ccccc3)=NN(c3ccccc3)C23CCc2c(cnn2-c2ccccc2)C3=O)cc1.